The Bertz CT molecular complexity index is 4680. The van der Waals surface area contributed by atoms with Crippen molar-refractivity contribution in [2.75, 3.05) is 18.0 Å². The van der Waals surface area contributed by atoms with Crippen molar-refractivity contribution in [2.45, 2.75) is 60.5 Å². The summed E-state index contributed by atoms with van der Waals surface area (Å²) in [4.78, 5) is 82.8. The number of hydrogen-bond acceptors (Lipinski definition) is 13. The number of anilines is 3. The van der Waals surface area contributed by atoms with E-state index in [1.165, 1.54) is 36.6 Å². The average molecular weight is 1300 g/mol. The van der Waals surface area contributed by atoms with Crippen molar-refractivity contribution in [3.05, 3.63) is 241 Å². The minimum Gasteiger partial charge on any atom is -0.480 e. The fourth-order valence-corrected chi connectivity index (χ4v) is 16.4. The molecule has 0 saturated carbocycles. The van der Waals surface area contributed by atoms with Crippen LogP contribution in [0.1, 0.15) is 68.4 Å². The molecule has 11 rings (SSSR count). The Kier molecular flexibility index (Phi) is 19.1. The molecule has 2 fully saturated rings. The maximum atomic E-state index is 13.6. The second-order valence-electron chi connectivity index (χ2n) is 22.1. The standard InChI is InChI=1S/C71H61N5O8S6/c1-6-72-66(83)62(89-70(72)85)68-74(40-60(77)78)64(81)58(87-68)38-48-15-25-52(26-16-48)51-23-13-45(14-24-51)10-11-46-17-31-55(32-18-46)76(54-29-8-42(3)9-30-54)56-33-19-47(20-34-56)12-22-50-27-28-53(37-43(50)4)57-35-21-49(36-44(57)5)39-59-65(82)75(41-61(79)80)69(88-59)63-67(84)73(7-2)71(86)90-63/h8-35,38-39,43-44H,6-7,36-37,40-41H2,1-5H3,(H,77,78)(H,79,80)/b11-10+,22-12+,58-38+,59-39+,68-62-,69-63-. The summed E-state index contributed by atoms with van der Waals surface area (Å²) < 4.78 is 4.38. The second kappa shape index (κ2) is 27.3. The van der Waals surface area contributed by atoms with E-state index in [9.17, 15) is 39.0 Å². The van der Waals surface area contributed by atoms with E-state index in [0.717, 1.165) is 113 Å². The number of carboxylic acids is 2. The van der Waals surface area contributed by atoms with Crippen LogP contribution in [0.15, 0.2) is 184 Å². The predicted octanol–water partition coefficient (Wildman–Crippen LogP) is 12.0. The lowest BCUT2D eigenvalue weighted by atomic mass is 9.78. The number of amides is 2. The topological polar surface area (TPSA) is 162 Å². The molecule has 4 heterocycles. The van der Waals surface area contributed by atoms with Gasteiger partial charge in [0.1, 0.15) is 40.9 Å². The molecule has 2 aromatic heterocycles. The first kappa shape index (κ1) is 63.0. The number of nitrogens with zero attached hydrogens (tertiary/aromatic N) is 5. The molecule has 5 aromatic carbocycles. The van der Waals surface area contributed by atoms with Gasteiger partial charge in [-0.3, -0.25) is 47.7 Å². The largest absolute Gasteiger partial charge is 0.480 e. The van der Waals surface area contributed by atoms with Crippen molar-refractivity contribution in [1.29, 1.82) is 0 Å². The number of aromatic nitrogens is 2. The summed E-state index contributed by atoms with van der Waals surface area (Å²) in [6.45, 7) is 9.80. The highest BCUT2D eigenvalue weighted by Crippen LogP contribution is 2.39. The highest BCUT2D eigenvalue weighted by molar-refractivity contribution is 8.30. The SMILES string of the molecule is CCN1C(=O)/C(=c2/s/c(=C/C3=CC=C(C4=CC=C(/C=C/c5ccc(N(c6ccc(C)cc6)c6ccc(/C=C/c7ccc(-c8ccc(/C=c9/s/c(=C%10\SC(=S)N(CC)C%10=O)n(CC(=O)O)c9=O)cc8)cc7)cc6)cc5)C(C)C4)C(C)C3)c(=O)n2CC(=O)O)SC1=S. The summed E-state index contributed by atoms with van der Waals surface area (Å²) in [5, 5.41) is 19.3. The molecule has 2 saturated heterocycles. The molecule has 7 aromatic rings. The third-order valence-electron chi connectivity index (χ3n) is 15.9. The third kappa shape index (κ3) is 13.6. The maximum Gasteiger partial charge on any atom is 0.323 e. The van der Waals surface area contributed by atoms with Gasteiger partial charge < -0.3 is 15.1 Å². The summed E-state index contributed by atoms with van der Waals surface area (Å²) in [7, 11) is 0. The van der Waals surface area contributed by atoms with Crippen LogP contribution in [0.4, 0.5) is 17.1 Å². The number of carbonyl (C=O) groups excluding carboxylic acids is 2. The fraction of sp³-hybridized carbons (Fsp3) is 0.183. The summed E-state index contributed by atoms with van der Waals surface area (Å²) in [6, 6.07) is 41.8. The Morgan fingerprint density at radius 1 is 0.544 bits per heavy atom. The molecule has 2 aliphatic heterocycles. The van der Waals surface area contributed by atoms with E-state index < -0.39 is 36.1 Å². The normalized spacial score (nSPS) is 18.7. The number of carboxylic acid groups (broad SMARTS) is 2. The van der Waals surface area contributed by atoms with Crippen LogP contribution in [0.2, 0.25) is 0 Å². The zero-order chi connectivity index (χ0) is 63.5. The molecule has 2 amide bonds. The van der Waals surface area contributed by atoms with Gasteiger partial charge in [0.05, 0.1) is 9.06 Å². The summed E-state index contributed by atoms with van der Waals surface area (Å²) >= 11 is 15.2. The van der Waals surface area contributed by atoms with Crippen molar-refractivity contribution >= 4 is 160 Å². The first-order valence-corrected chi connectivity index (χ1v) is 33.3. The van der Waals surface area contributed by atoms with Crippen molar-refractivity contribution < 1.29 is 29.4 Å². The Labute approximate surface area is 547 Å². The van der Waals surface area contributed by atoms with Crippen LogP contribution in [0.3, 0.4) is 0 Å². The molecule has 4 aliphatic rings. The van der Waals surface area contributed by atoms with E-state index in [1.807, 2.05) is 50.3 Å². The zero-order valence-electron chi connectivity index (χ0n) is 49.7. The Morgan fingerprint density at radius 3 is 1.41 bits per heavy atom. The van der Waals surface area contributed by atoms with Crippen molar-refractivity contribution in [2.24, 2.45) is 11.8 Å². The molecule has 19 heteroatoms. The summed E-state index contributed by atoms with van der Waals surface area (Å²) in [5.41, 5.74) is 14.0. The van der Waals surface area contributed by atoms with Crippen LogP contribution in [0.5, 0.6) is 0 Å². The van der Waals surface area contributed by atoms with Gasteiger partial charge in [0.25, 0.3) is 22.9 Å². The minimum atomic E-state index is -1.18. The molecular formula is C71H61N5O8S6. The molecule has 454 valence electrons. The fourth-order valence-electron chi connectivity index (χ4n) is 11.1. The first-order chi connectivity index (χ1) is 43.3. The maximum absolute atomic E-state index is 13.6. The molecule has 0 bridgehead atoms. The lowest BCUT2D eigenvalue weighted by Crippen LogP contribution is -2.35. The molecule has 90 heavy (non-hydrogen) atoms. The van der Waals surface area contributed by atoms with E-state index in [1.54, 1.807) is 6.08 Å². The number of thiazole rings is 2. The Morgan fingerprint density at radius 2 is 0.978 bits per heavy atom. The number of aryl methyl sites for hydroxylation is 1. The Hall–Kier alpha value is -8.56. The monoisotopic (exact) mass is 1300 g/mol. The number of hydrogen-bond donors (Lipinski definition) is 2. The lowest BCUT2D eigenvalue weighted by Gasteiger charge is -2.27. The van der Waals surface area contributed by atoms with Crippen molar-refractivity contribution in [1.82, 2.24) is 18.9 Å². The number of allylic oxidation sites excluding steroid dienone is 9. The van der Waals surface area contributed by atoms with Gasteiger partial charge in [-0.25, -0.2) is 0 Å². The summed E-state index contributed by atoms with van der Waals surface area (Å²) in [6.07, 6.45) is 22.3. The van der Waals surface area contributed by atoms with Gasteiger partial charge in [0.2, 0.25) is 0 Å². The molecule has 13 nitrogen and oxygen atoms in total. The second-order valence-corrected chi connectivity index (χ2v) is 27.4. The molecule has 2 unspecified atom stereocenters. The predicted molar refractivity (Wildman–Crippen MR) is 377 cm³/mol. The smallest absolute Gasteiger partial charge is 0.323 e. The van der Waals surface area contributed by atoms with Gasteiger partial charge in [0, 0.05) is 30.2 Å². The molecule has 0 radical (unpaired) electrons. The number of rotatable bonds is 17. The van der Waals surface area contributed by atoms with E-state index in [2.05, 4.69) is 165 Å². The van der Waals surface area contributed by atoms with Crippen LogP contribution in [0, 0.1) is 18.8 Å². The van der Waals surface area contributed by atoms with Crippen LogP contribution < -0.4 is 34.4 Å². The van der Waals surface area contributed by atoms with Crippen LogP contribution in [-0.2, 0) is 32.3 Å². The van der Waals surface area contributed by atoms with Crippen LogP contribution >= 0.6 is 70.6 Å². The quantitative estimate of drug-likeness (QED) is 0.0655. The Balaban J connectivity index is 0.750. The van der Waals surface area contributed by atoms with Crippen molar-refractivity contribution in [3.8, 4) is 11.1 Å². The minimum absolute atomic E-state index is 0.181. The van der Waals surface area contributed by atoms with Gasteiger partial charge in [-0.15, -0.1) is 22.7 Å². The van der Waals surface area contributed by atoms with Crippen molar-refractivity contribution in [3.63, 3.8) is 0 Å². The molecule has 2 N–H and O–H groups in total. The van der Waals surface area contributed by atoms with Crippen LogP contribution in [0.25, 0.3) is 51.3 Å². The van der Waals surface area contributed by atoms with Gasteiger partial charge in [-0.1, -0.05) is 201 Å². The highest BCUT2D eigenvalue weighted by atomic mass is 32.2. The number of carbonyl (C=O) groups is 4. The molecule has 2 aliphatic carbocycles. The van der Waals surface area contributed by atoms with Gasteiger partial charge in [-0.05, 0) is 150 Å². The average Bonchev–Trinajstić information content (AvgIpc) is 1.67. The molecular weight excluding hydrogens is 1240 g/mol. The molecule has 0 spiro atoms. The third-order valence-corrected chi connectivity index (χ3v) is 21.3. The lowest BCUT2D eigenvalue weighted by molar-refractivity contribution is -0.138. The highest BCUT2D eigenvalue weighted by Gasteiger charge is 2.35. The van der Waals surface area contributed by atoms with Gasteiger partial charge in [0.15, 0.2) is 0 Å². The van der Waals surface area contributed by atoms with E-state index in [0.29, 0.717) is 41.9 Å². The van der Waals surface area contributed by atoms with E-state index in [4.69, 9.17) is 24.4 Å². The first-order valence-electron chi connectivity index (χ1n) is 29.2. The number of thiocarbonyl (C=S) groups is 2. The van der Waals surface area contributed by atoms with Crippen LogP contribution in [-0.4, -0.2) is 74.6 Å². The zero-order valence-corrected chi connectivity index (χ0v) is 54.6. The number of benzene rings is 5. The molecule has 2 atom stereocenters. The summed E-state index contributed by atoms with van der Waals surface area (Å²) in [5.74, 6) is -2.53. The van der Waals surface area contributed by atoms with Gasteiger partial charge >= 0.3 is 11.9 Å². The van der Waals surface area contributed by atoms with E-state index >= 15 is 0 Å². The number of aliphatic carboxylic acids is 2. The van der Waals surface area contributed by atoms with Gasteiger partial charge in [-0.2, -0.15) is 0 Å². The van der Waals surface area contributed by atoms with E-state index in [-0.39, 0.29) is 38.1 Å². The number of thioether (sulfide) groups is 2.